The molecule has 0 aliphatic carbocycles. The van der Waals surface area contributed by atoms with E-state index in [0.29, 0.717) is 5.56 Å². The van der Waals surface area contributed by atoms with Gasteiger partial charge >= 0.3 is 0 Å². The number of nitrogens with one attached hydrogen (secondary N) is 1. The summed E-state index contributed by atoms with van der Waals surface area (Å²) in [6.45, 7) is 1.16. The third kappa shape index (κ3) is 3.43. The Morgan fingerprint density at radius 1 is 1.47 bits per heavy atom. The van der Waals surface area contributed by atoms with Crippen molar-refractivity contribution in [2.45, 2.75) is 13.5 Å². The smallest absolute Gasteiger partial charge is 0.287 e. The number of hydrogen-bond donors (Lipinski definition) is 1. The Kier molecular flexibility index (Phi) is 3.96. The molecular formula is C10H9BrFNO2. The van der Waals surface area contributed by atoms with Gasteiger partial charge < -0.3 is 5.32 Å². The number of rotatable bonds is 3. The summed E-state index contributed by atoms with van der Waals surface area (Å²) >= 11 is 3.19. The molecule has 0 aliphatic rings. The van der Waals surface area contributed by atoms with Crippen molar-refractivity contribution in [3.05, 3.63) is 34.1 Å². The molecule has 0 radical (unpaired) electrons. The Morgan fingerprint density at radius 2 is 2.13 bits per heavy atom. The predicted octanol–water partition coefficient (Wildman–Crippen LogP) is 1.79. The quantitative estimate of drug-likeness (QED) is 0.854. The van der Waals surface area contributed by atoms with Crippen LogP contribution >= 0.6 is 15.9 Å². The molecule has 1 aromatic carbocycles. The fourth-order valence-corrected chi connectivity index (χ4v) is 1.39. The van der Waals surface area contributed by atoms with Gasteiger partial charge in [0.25, 0.3) is 5.91 Å². The van der Waals surface area contributed by atoms with Gasteiger partial charge in [0.2, 0.25) is 5.78 Å². The third-order valence-electron chi connectivity index (χ3n) is 1.77. The lowest BCUT2D eigenvalue weighted by atomic mass is 10.2. The van der Waals surface area contributed by atoms with E-state index in [-0.39, 0.29) is 6.54 Å². The van der Waals surface area contributed by atoms with Crippen LogP contribution in [0, 0.1) is 5.82 Å². The Morgan fingerprint density at radius 3 is 2.73 bits per heavy atom. The van der Waals surface area contributed by atoms with Crippen LogP contribution in [-0.4, -0.2) is 11.7 Å². The summed E-state index contributed by atoms with van der Waals surface area (Å²) in [4.78, 5) is 21.5. The summed E-state index contributed by atoms with van der Waals surface area (Å²) < 4.78 is 13.9. The Bertz CT molecular complexity index is 406. The van der Waals surface area contributed by atoms with E-state index in [1.54, 1.807) is 12.1 Å². The molecule has 0 fully saturated rings. The third-order valence-corrected chi connectivity index (χ3v) is 2.26. The Balaban J connectivity index is 2.69. The number of ketones is 1. The second-order valence-electron chi connectivity index (χ2n) is 2.97. The second-order valence-corrected chi connectivity index (χ2v) is 3.89. The SMILES string of the molecule is CC(=O)C(=O)NCc1cc(Br)ccc1F. The Hall–Kier alpha value is -1.23. The zero-order valence-corrected chi connectivity index (χ0v) is 9.60. The molecule has 5 heteroatoms. The number of benzene rings is 1. The zero-order chi connectivity index (χ0) is 11.4. The van der Waals surface area contributed by atoms with Crippen LogP contribution in [0.1, 0.15) is 12.5 Å². The molecule has 0 saturated heterocycles. The highest BCUT2D eigenvalue weighted by Crippen LogP contribution is 2.15. The molecular weight excluding hydrogens is 265 g/mol. The largest absolute Gasteiger partial charge is 0.345 e. The number of amides is 1. The molecule has 0 aliphatic heterocycles. The van der Waals surface area contributed by atoms with Crippen LogP contribution in [0.5, 0.6) is 0 Å². The van der Waals surface area contributed by atoms with Crippen LogP contribution in [0.15, 0.2) is 22.7 Å². The van der Waals surface area contributed by atoms with Crippen molar-refractivity contribution >= 4 is 27.6 Å². The minimum absolute atomic E-state index is 0.00366. The molecule has 0 spiro atoms. The number of halogens is 2. The highest BCUT2D eigenvalue weighted by atomic mass is 79.9. The molecule has 0 saturated carbocycles. The molecule has 1 N–H and O–H groups in total. The van der Waals surface area contributed by atoms with Crippen LogP contribution in [0.2, 0.25) is 0 Å². The summed E-state index contributed by atoms with van der Waals surface area (Å²) in [6.07, 6.45) is 0. The summed E-state index contributed by atoms with van der Waals surface area (Å²) in [5.41, 5.74) is 0.332. The topological polar surface area (TPSA) is 46.2 Å². The molecule has 0 atom stereocenters. The summed E-state index contributed by atoms with van der Waals surface area (Å²) in [7, 11) is 0. The van der Waals surface area contributed by atoms with Gasteiger partial charge in [0, 0.05) is 23.5 Å². The molecule has 1 amide bonds. The van der Waals surface area contributed by atoms with Gasteiger partial charge in [-0.25, -0.2) is 4.39 Å². The number of Topliss-reactive ketones (excluding diaryl/α,β-unsaturated/α-hetero) is 1. The van der Waals surface area contributed by atoms with Gasteiger partial charge in [-0.05, 0) is 18.2 Å². The molecule has 0 unspecified atom stereocenters. The van der Waals surface area contributed by atoms with E-state index < -0.39 is 17.5 Å². The van der Waals surface area contributed by atoms with Crippen molar-refractivity contribution in [1.82, 2.24) is 5.32 Å². The highest BCUT2D eigenvalue weighted by Gasteiger charge is 2.08. The van der Waals surface area contributed by atoms with E-state index in [4.69, 9.17) is 0 Å². The molecule has 3 nitrogen and oxygen atoms in total. The van der Waals surface area contributed by atoms with Crippen molar-refractivity contribution in [1.29, 1.82) is 0 Å². The van der Waals surface area contributed by atoms with E-state index in [9.17, 15) is 14.0 Å². The fourth-order valence-electron chi connectivity index (χ4n) is 0.979. The van der Waals surface area contributed by atoms with E-state index in [2.05, 4.69) is 21.2 Å². The first kappa shape index (κ1) is 11.8. The predicted molar refractivity (Wildman–Crippen MR) is 56.6 cm³/mol. The average molecular weight is 274 g/mol. The first-order valence-corrected chi connectivity index (χ1v) is 5.02. The number of carbonyl (C=O) groups excluding carboxylic acids is 2. The standard InChI is InChI=1S/C10H9BrFNO2/c1-6(14)10(15)13-5-7-4-8(11)2-3-9(7)12/h2-4H,5H2,1H3,(H,13,15). The molecule has 0 bridgehead atoms. The van der Waals surface area contributed by atoms with Gasteiger partial charge in [0.1, 0.15) is 5.82 Å². The van der Waals surface area contributed by atoms with Gasteiger partial charge in [-0.2, -0.15) is 0 Å². The minimum Gasteiger partial charge on any atom is -0.345 e. The maximum Gasteiger partial charge on any atom is 0.287 e. The average Bonchev–Trinajstić information content (AvgIpc) is 2.18. The van der Waals surface area contributed by atoms with Crippen molar-refractivity contribution in [2.75, 3.05) is 0 Å². The van der Waals surface area contributed by atoms with Crippen LogP contribution < -0.4 is 5.32 Å². The molecule has 0 aromatic heterocycles. The molecule has 0 heterocycles. The summed E-state index contributed by atoms with van der Waals surface area (Å²) in [5, 5.41) is 2.32. The summed E-state index contributed by atoms with van der Waals surface area (Å²) in [6, 6.07) is 4.40. The lowest BCUT2D eigenvalue weighted by Crippen LogP contribution is -2.28. The van der Waals surface area contributed by atoms with Gasteiger partial charge in [0.15, 0.2) is 0 Å². The molecule has 1 aromatic rings. The van der Waals surface area contributed by atoms with E-state index in [0.717, 1.165) is 11.4 Å². The first-order valence-electron chi connectivity index (χ1n) is 4.23. The van der Waals surface area contributed by atoms with Gasteiger partial charge in [-0.3, -0.25) is 9.59 Å². The van der Waals surface area contributed by atoms with Crippen LogP contribution in [0.3, 0.4) is 0 Å². The monoisotopic (exact) mass is 273 g/mol. The van der Waals surface area contributed by atoms with Gasteiger partial charge in [-0.15, -0.1) is 0 Å². The normalized spacial score (nSPS) is 9.80. The number of hydrogen-bond acceptors (Lipinski definition) is 2. The minimum atomic E-state index is -0.714. The number of carbonyl (C=O) groups is 2. The highest BCUT2D eigenvalue weighted by molar-refractivity contribution is 9.10. The lowest BCUT2D eigenvalue weighted by Gasteiger charge is -2.04. The van der Waals surface area contributed by atoms with Crippen molar-refractivity contribution in [3.63, 3.8) is 0 Å². The van der Waals surface area contributed by atoms with Crippen molar-refractivity contribution in [3.8, 4) is 0 Å². The van der Waals surface area contributed by atoms with Crippen molar-refractivity contribution in [2.24, 2.45) is 0 Å². The van der Waals surface area contributed by atoms with Crippen LogP contribution in [0.4, 0.5) is 4.39 Å². The zero-order valence-electron chi connectivity index (χ0n) is 8.01. The fraction of sp³-hybridized carbons (Fsp3) is 0.200. The molecule has 1 rings (SSSR count). The lowest BCUT2D eigenvalue weighted by molar-refractivity contribution is -0.136. The van der Waals surface area contributed by atoms with Gasteiger partial charge in [0.05, 0.1) is 0 Å². The van der Waals surface area contributed by atoms with E-state index in [1.807, 2.05) is 0 Å². The maximum atomic E-state index is 13.2. The van der Waals surface area contributed by atoms with Gasteiger partial charge in [-0.1, -0.05) is 15.9 Å². The van der Waals surface area contributed by atoms with Crippen LogP contribution in [-0.2, 0) is 16.1 Å². The van der Waals surface area contributed by atoms with Crippen molar-refractivity contribution < 1.29 is 14.0 Å². The molecule has 80 valence electrons. The van der Waals surface area contributed by atoms with E-state index in [1.165, 1.54) is 6.07 Å². The van der Waals surface area contributed by atoms with E-state index >= 15 is 0 Å². The summed E-state index contributed by atoms with van der Waals surface area (Å²) in [5.74, 6) is -1.72. The second kappa shape index (κ2) is 5.02. The maximum absolute atomic E-state index is 13.2. The van der Waals surface area contributed by atoms with Crippen LogP contribution in [0.25, 0.3) is 0 Å². The molecule has 15 heavy (non-hydrogen) atoms. The first-order chi connectivity index (χ1) is 7.00. The Labute approximate surface area is 94.8 Å².